The van der Waals surface area contributed by atoms with E-state index in [1.807, 2.05) is 146 Å². The van der Waals surface area contributed by atoms with Crippen molar-refractivity contribution < 1.29 is 27.2 Å². The van der Waals surface area contributed by atoms with Crippen LogP contribution in [-0.4, -0.2) is 0 Å². The van der Waals surface area contributed by atoms with Crippen LogP contribution in [0.25, 0.3) is 0 Å². The van der Waals surface area contributed by atoms with Crippen LogP contribution < -0.4 is 10.2 Å². The maximum atomic E-state index is 13.9. The molecule has 46 heavy (non-hydrogen) atoms. The van der Waals surface area contributed by atoms with Crippen molar-refractivity contribution in [3.05, 3.63) is 179 Å². The lowest BCUT2D eigenvalue weighted by atomic mass is 10.1. The van der Waals surface area contributed by atoms with Crippen LogP contribution >= 0.6 is 15.5 Å². The molecule has 238 valence electrons. The lowest BCUT2D eigenvalue weighted by Crippen LogP contribution is -2.19. The SMILES string of the molecule is O=P(NCc1ccccc1CNP(=O)(OCc1ccccc1)OCc1ccccc1)(OCc1ccccc1)OCc1ccccc1. The van der Waals surface area contributed by atoms with Crippen molar-refractivity contribution in [3.63, 3.8) is 0 Å². The number of hydrogen-bond acceptors (Lipinski definition) is 6. The van der Waals surface area contributed by atoms with Crippen molar-refractivity contribution in [3.8, 4) is 0 Å². The molecule has 5 rings (SSSR count). The molecule has 0 atom stereocenters. The normalized spacial score (nSPS) is 11.8. The van der Waals surface area contributed by atoms with Gasteiger partial charge in [0, 0.05) is 13.1 Å². The first-order chi connectivity index (χ1) is 22.5. The summed E-state index contributed by atoms with van der Waals surface area (Å²) in [6, 6.07) is 45.7. The fourth-order valence-corrected chi connectivity index (χ4v) is 6.98. The van der Waals surface area contributed by atoms with Gasteiger partial charge in [-0.15, -0.1) is 0 Å². The van der Waals surface area contributed by atoms with Crippen molar-refractivity contribution in [2.24, 2.45) is 0 Å². The average molecular weight is 657 g/mol. The first-order valence-electron chi connectivity index (χ1n) is 15.0. The maximum Gasteiger partial charge on any atom is 0.406 e. The zero-order valence-electron chi connectivity index (χ0n) is 25.4. The molecule has 0 radical (unpaired) electrons. The van der Waals surface area contributed by atoms with Crippen molar-refractivity contribution in [1.29, 1.82) is 0 Å². The van der Waals surface area contributed by atoms with Crippen LogP contribution in [0.4, 0.5) is 0 Å². The Morgan fingerprint density at radius 2 is 0.609 bits per heavy atom. The molecule has 10 heteroatoms. The zero-order chi connectivity index (χ0) is 31.9. The molecule has 5 aromatic rings. The summed E-state index contributed by atoms with van der Waals surface area (Å²) < 4.78 is 51.4. The van der Waals surface area contributed by atoms with Crippen LogP contribution in [0.15, 0.2) is 146 Å². The number of rotatable bonds is 18. The molecule has 0 aromatic heterocycles. The van der Waals surface area contributed by atoms with E-state index >= 15 is 0 Å². The summed E-state index contributed by atoms with van der Waals surface area (Å²) in [7, 11) is -7.50. The van der Waals surface area contributed by atoms with Gasteiger partial charge < -0.3 is 0 Å². The summed E-state index contributed by atoms with van der Waals surface area (Å²) in [6.07, 6.45) is 0. The maximum absolute atomic E-state index is 13.9. The lowest BCUT2D eigenvalue weighted by Gasteiger charge is -2.22. The Labute approximate surface area is 270 Å². The Balaban J connectivity index is 1.27. The first kappa shape index (κ1) is 33.7. The Kier molecular flexibility index (Phi) is 12.7. The van der Waals surface area contributed by atoms with E-state index in [2.05, 4.69) is 10.2 Å². The zero-order valence-corrected chi connectivity index (χ0v) is 27.2. The minimum Gasteiger partial charge on any atom is -0.292 e. The van der Waals surface area contributed by atoms with Gasteiger partial charge in [-0.05, 0) is 33.4 Å². The second kappa shape index (κ2) is 17.3. The third-order valence-corrected chi connectivity index (χ3v) is 9.99. The Morgan fingerprint density at radius 1 is 0.370 bits per heavy atom. The smallest absolute Gasteiger partial charge is 0.292 e. The molecule has 0 saturated carbocycles. The van der Waals surface area contributed by atoms with Gasteiger partial charge in [-0.2, -0.15) is 0 Å². The fraction of sp³-hybridized carbons (Fsp3) is 0.167. The van der Waals surface area contributed by atoms with E-state index in [9.17, 15) is 9.13 Å². The molecule has 0 aliphatic heterocycles. The number of hydrogen-bond donors (Lipinski definition) is 2. The summed E-state index contributed by atoms with van der Waals surface area (Å²) in [5.74, 6) is 0. The second-order valence-electron chi connectivity index (χ2n) is 10.5. The third-order valence-electron chi connectivity index (χ3n) is 7.02. The highest BCUT2D eigenvalue weighted by molar-refractivity contribution is 7.51. The predicted octanol–water partition coefficient (Wildman–Crippen LogP) is 8.95. The monoisotopic (exact) mass is 656 g/mol. The van der Waals surface area contributed by atoms with Crippen LogP contribution in [0.3, 0.4) is 0 Å². The van der Waals surface area contributed by atoms with Crippen LogP contribution in [0.2, 0.25) is 0 Å². The van der Waals surface area contributed by atoms with E-state index in [0.717, 1.165) is 33.4 Å². The Bertz CT molecular complexity index is 1490. The highest BCUT2D eigenvalue weighted by atomic mass is 31.2. The van der Waals surface area contributed by atoms with Gasteiger partial charge in [0.15, 0.2) is 0 Å². The largest absolute Gasteiger partial charge is 0.406 e. The molecule has 0 unspecified atom stereocenters. The number of nitrogens with one attached hydrogen (secondary N) is 2. The molecular formula is C36H38N2O6P2. The topological polar surface area (TPSA) is 95.1 Å². The van der Waals surface area contributed by atoms with E-state index < -0.39 is 15.5 Å². The van der Waals surface area contributed by atoms with Crippen LogP contribution in [0.1, 0.15) is 33.4 Å². The van der Waals surface area contributed by atoms with Crippen molar-refractivity contribution in [2.75, 3.05) is 0 Å². The minimum absolute atomic E-state index is 0.115. The molecule has 0 heterocycles. The molecular weight excluding hydrogens is 618 g/mol. The van der Waals surface area contributed by atoms with E-state index in [-0.39, 0.29) is 39.5 Å². The van der Waals surface area contributed by atoms with E-state index in [1.165, 1.54) is 0 Å². The van der Waals surface area contributed by atoms with E-state index in [4.69, 9.17) is 18.1 Å². The summed E-state index contributed by atoms with van der Waals surface area (Å²) in [5.41, 5.74) is 5.14. The van der Waals surface area contributed by atoms with Gasteiger partial charge >= 0.3 is 15.5 Å². The van der Waals surface area contributed by atoms with E-state index in [1.54, 1.807) is 0 Å². The van der Waals surface area contributed by atoms with Crippen LogP contribution in [0.5, 0.6) is 0 Å². The van der Waals surface area contributed by atoms with Gasteiger partial charge in [0.25, 0.3) is 0 Å². The third kappa shape index (κ3) is 11.0. The lowest BCUT2D eigenvalue weighted by molar-refractivity contribution is 0.181. The van der Waals surface area contributed by atoms with Crippen molar-refractivity contribution >= 4 is 15.5 Å². The molecule has 0 aliphatic rings. The van der Waals surface area contributed by atoms with Gasteiger partial charge in [-0.1, -0.05) is 146 Å². The molecule has 0 bridgehead atoms. The van der Waals surface area contributed by atoms with E-state index in [0.29, 0.717) is 0 Å². The van der Waals surface area contributed by atoms with Gasteiger partial charge in [0.1, 0.15) is 0 Å². The average Bonchev–Trinajstić information content (AvgIpc) is 3.12. The van der Waals surface area contributed by atoms with Crippen molar-refractivity contribution in [1.82, 2.24) is 10.2 Å². The quantitative estimate of drug-likeness (QED) is 0.0903. The second-order valence-corrected chi connectivity index (χ2v) is 14.1. The van der Waals surface area contributed by atoms with Gasteiger partial charge in [-0.25, -0.2) is 19.3 Å². The summed E-state index contributed by atoms with van der Waals surface area (Å²) in [6.45, 7) is 0.818. The highest BCUT2D eigenvalue weighted by Gasteiger charge is 2.27. The molecule has 0 aliphatic carbocycles. The molecule has 8 nitrogen and oxygen atoms in total. The molecule has 2 N–H and O–H groups in total. The van der Waals surface area contributed by atoms with Gasteiger partial charge in [0.05, 0.1) is 26.4 Å². The Hall–Kier alpha value is -3.68. The standard InChI is InChI=1S/C36H38N2O6P2/c39-45(41-27-31-15-5-1-6-16-31,42-28-32-17-7-2-8-18-32)37-25-35-23-13-14-24-36(35)26-38-46(40,43-29-33-19-9-3-10-20-33)44-30-34-21-11-4-12-22-34/h1-24H,25-30H2,(H,37,39)(H,38,40). The summed E-state index contributed by atoms with van der Waals surface area (Å²) in [5, 5.41) is 6.07. The minimum atomic E-state index is -3.75. The summed E-state index contributed by atoms with van der Waals surface area (Å²) >= 11 is 0. The molecule has 0 fully saturated rings. The van der Waals surface area contributed by atoms with Crippen LogP contribution in [0, 0.1) is 0 Å². The predicted molar refractivity (Wildman–Crippen MR) is 180 cm³/mol. The van der Waals surface area contributed by atoms with Crippen LogP contribution in [-0.2, 0) is 66.7 Å². The van der Waals surface area contributed by atoms with Gasteiger partial charge in [-0.3, -0.25) is 18.1 Å². The molecule has 0 amide bonds. The highest BCUT2D eigenvalue weighted by Crippen LogP contribution is 2.47. The summed E-state index contributed by atoms with van der Waals surface area (Å²) in [4.78, 5) is 0. The van der Waals surface area contributed by atoms with Crippen molar-refractivity contribution in [2.45, 2.75) is 39.5 Å². The molecule has 0 saturated heterocycles. The van der Waals surface area contributed by atoms with Gasteiger partial charge in [0.2, 0.25) is 0 Å². The number of benzene rings is 5. The Morgan fingerprint density at radius 3 is 0.870 bits per heavy atom. The first-order valence-corrected chi connectivity index (χ1v) is 18.1. The molecule has 5 aromatic carbocycles. The fourth-order valence-electron chi connectivity index (χ4n) is 4.46. The molecule has 0 spiro atoms.